The molecule has 1 fully saturated rings. The fraction of sp³-hybridized carbons (Fsp3) is 0.560. The highest BCUT2D eigenvalue weighted by atomic mass is 35.5. The number of nitrogens with zero attached hydrogens (tertiary/aromatic N) is 3. The molecule has 6 nitrogen and oxygen atoms in total. The van der Waals surface area contributed by atoms with Crippen molar-refractivity contribution in [2.75, 3.05) is 24.3 Å². The SMILES string of the molecule is CN(C)c1nc(N[C@H]2CC[C@@H](NC(=O)CCc3ccc(Cl)c(Cl)c3)CC2)nc2c1CCCC2. The number of hydrogen-bond donors (Lipinski definition) is 2. The summed E-state index contributed by atoms with van der Waals surface area (Å²) < 4.78 is 0. The molecule has 0 radical (unpaired) electrons. The van der Waals surface area contributed by atoms with Crippen LogP contribution in [0.1, 0.15) is 61.8 Å². The third-order valence-corrected chi connectivity index (χ3v) is 7.37. The number of aryl methyl sites for hydroxylation is 2. The van der Waals surface area contributed by atoms with E-state index in [2.05, 4.69) is 29.6 Å². The van der Waals surface area contributed by atoms with Crippen LogP contribution >= 0.6 is 23.2 Å². The van der Waals surface area contributed by atoms with Crippen molar-refractivity contribution >= 4 is 40.9 Å². The molecule has 33 heavy (non-hydrogen) atoms. The summed E-state index contributed by atoms with van der Waals surface area (Å²) in [5, 5.41) is 7.84. The molecule has 1 aromatic carbocycles. The van der Waals surface area contributed by atoms with Crippen LogP contribution in [0.5, 0.6) is 0 Å². The van der Waals surface area contributed by atoms with Gasteiger partial charge in [0.2, 0.25) is 11.9 Å². The van der Waals surface area contributed by atoms with Crippen molar-refractivity contribution in [2.24, 2.45) is 0 Å². The summed E-state index contributed by atoms with van der Waals surface area (Å²) in [5.74, 6) is 1.88. The number of halogens is 2. The van der Waals surface area contributed by atoms with Crippen LogP contribution in [-0.2, 0) is 24.1 Å². The van der Waals surface area contributed by atoms with Gasteiger partial charge in [-0.3, -0.25) is 4.79 Å². The number of hydrogen-bond acceptors (Lipinski definition) is 5. The van der Waals surface area contributed by atoms with E-state index in [1.807, 2.05) is 12.1 Å². The topological polar surface area (TPSA) is 70.2 Å². The van der Waals surface area contributed by atoms with E-state index < -0.39 is 0 Å². The van der Waals surface area contributed by atoms with Gasteiger partial charge in [-0.15, -0.1) is 0 Å². The van der Waals surface area contributed by atoms with Gasteiger partial charge < -0.3 is 15.5 Å². The Hall–Kier alpha value is -2.05. The lowest BCUT2D eigenvalue weighted by molar-refractivity contribution is -0.122. The van der Waals surface area contributed by atoms with E-state index in [-0.39, 0.29) is 11.9 Å². The molecule has 2 aromatic rings. The van der Waals surface area contributed by atoms with Crippen molar-refractivity contribution in [3.8, 4) is 0 Å². The average Bonchev–Trinajstić information content (AvgIpc) is 2.80. The zero-order valence-electron chi connectivity index (χ0n) is 19.5. The number of carbonyl (C=O) groups is 1. The van der Waals surface area contributed by atoms with Gasteiger partial charge in [0, 0.05) is 38.2 Å². The van der Waals surface area contributed by atoms with Crippen molar-refractivity contribution in [1.29, 1.82) is 0 Å². The monoisotopic (exact) mass is 489 g/mol. The van der Waals surface area contributed by atoms with Crippen LogP contribution in [0.2, 0.25) is 10.0 Å². The Morgan fingerprint density at radius 1 is 1.03 bits per heavy atom. The smallest absolute Gasteiger partial charge is 0.225 e. The lowest BCUT2D eigenvalue weighted by Crippen LogP contribution is -2.40. The number of aromatic nitrogens is 2. The summed E-state index contributed by atoms with van der Waals surface area (Å²) in [5.41, 5.74) is 3.53. The highest BCUT2D eigenvalue weighted by Crippen LogP contribution is 2.29. The predicted octanol–water partition coefficient (Wildman–Crippen LogP) is 5.20. The van der Waals surface area contributed by atoms with E-state index in [0.29, 0.717) is 28.9 Å². The van der Waals surface area contributed by atoms with Gasteiger partial charge in [0.15, 0.2) is 0 Å². The number of amides is 1. The Kier molecular flexibility index (Phi) is 7.97. The number of anilines is 2. The summed E-state index contributed by atoms with van der Waals surface area (Å²) in [7, 11) is 4.10. The zero-order valence-corrected chi connectivity index (χ0v) is 21.0. The largest absolute Gasteiger partial charge is 0.362 e. The molecule has 2 aliphatic carbocycles. The van der Waals surface area contributed by atoms with E-state index >= 15 is 0 Å². The molecule has 4 rings (SSSR count). The first-order valence-corrected chi connectivity index (χ1v) is 12.7. The highest BCUT2D eigenvalue weighted by molar-refractivity contribution is 6.42. The van der Waals surface area contributed by atoms with Crippen molar-refractivity contribution in [1.82, 2.24) is 15.3 Å². The minimum Gasteiger partial charge on any atom is -0.362 e. The fourth-order valence-corrected chi connectivity index (χ4v) is 5.15. The molecular formula is C25H33Cl2N5O. The van der Waals surface area contributed by atoms with Crippen molar-refractivity contribution in [2.45, 2.75) is 76.3 Å². The van der Waals surface area contributed by atoms with E-state index in [9.17, 15) is 4.79 Å². The summed E-state index contributed by atoms with van der Waals surface area (Å²) in [6.45, 7) is 0. The van der Waals surface area contributed by atoms with Gasteiger partial charge in [-0.05, 0) is 75.5 Å². The van der Waals surface area contributed by atoms with Crippen LogP contribution in [0, 0.1) is 0 Å². The normalized spacial score (nSPS) is 20.1. The number of fused-ring (bicyclic) bond motifs is 1. The lowest BCUT2D eigenvalue weighted by Gasteiger charge is -2.30. The minimum absolute atomic E-state index is 0.0890. The first-order valence-electron chi connectivity index (χ1n) is 12.0. The Bertz CT molecular complexity index is 989. The van der Waals surface area contributed by atoms with Gasteiger partial charge in [-0.1, -0.05) is 29.3 Å². The minimum atomic E-state index is 0.0890. The van der Waals surface area contributed by atoms with Crippen LogP contribution in [0.4, 0.5) is 11.8 Å². The second-order valence-electron chi connectivity index (χ2n) is 9.41. The fourth-order valence-electron chi connectivity index (χ4n) is 4.83. The molecular weight excluding hydrogens is 457 g/mol. The van der Waals surface area contributed by atoms with Crippen molar-refractivity contribution in [3.05, 3.63) is 45.1 Å². The Balaban J connectivity index is 1.25. The Labute approximate surface area is 206 Å². The summed E-state index contributed by atoms with van der Waals surface area (Å²) >= 11 is 12.0. The maximum atomic E-state index is 12.4. The van der Waals surface area contributed by atoms with Crippen molar-refractivity contribution < 1.29 is 4.79 Å². The van der Waals surface area contributed by atoms with Crippen LogP contribution in [-0.4, -0.2) is 42.1 Å². The van der Waals surface area contributed by atoms with E-state index in [1.54, 1.807) is 6.07 Å². The molecule has 2 N–H and O–H groups in total. The molecule has 2 aliphatic rings. The molecule has 1 amide bonds. The summed E-state index contributed by atoms with van der Waals surface area (Å²) in [6, 6.07) is 6.10. The quantitative estimate of drug-likeness (QED) is 0.559. The zero-order chi connectivity index (χ0) is 23.4. The second-order valence-corrected chi connectivity index (χ2v) is 10.2. The molecule has 1 saturated carbocycles. The standard InChI is InChI=1S/C25H33Cl2N5O/c1-32(2)24-19-5-3-4-6-22(19)30-25(31-24)29-18-11-9-17(10-12-18)28-23(33)14-8-16-7-13-20(26)21(27)15-16/h7,13,15,17-18H,3-6,8-12,14H2,1-2H3,(H,28,33)(H,29,30,31)/t17-,18+. The summed E-state index contributed by atoms with van der Waals surface area (Å²) in [6.07, 6.45) is 9.54. The van der Waals surface area contributed by atoms with Gasteiger partial charge >= 0.3 is 0 Å². The average molecular weight is 490 g/mol. The molecule has 178 valence electrons. The highest BCUT2D eigenvalue weighted by Gasteiger charge is 2.24. The first-order chi connectivity index (χ1) is 15.9. The molecule has 0 saturated heterocycles. The van der Waals surface area contributed by atoms with Crippen LogP contribution in [0.15, 0.2) is 18.2 Å². The number of nitrogens with one attached hydrogen (secondary N) is 2. The van der Waals surface area contributed by atoms with Gasteiger partial charge in [-0.25, -0.2) is 4.98 Å². The predicted molar refractivity (Wildman–Crippen MR) is 136 cm³/mol. The van der Waals surface area contributed by atoms with Gasteiger partial charge in [0.1, 0.15) is 5.82 Å². The molecule has 1 aromatic heterocycles. The number of benzene rings is 1. The molecule has 0 spiro atoms. The van der Waals surface area contributed by atoms with Crippen LogP contribution in [0.25, 0.3) is 0 Å². The third-order valence-electron chi connectivity index (χ3n) is 6.64. The number of carbonyl (C=O) groups excluding carboxylic acids is 1. The Morgan fingerprint density at radius 2 is 1.76 bits per heavy atom. The van der Waals surface area contributed by atoms with Gasteiger partial charge in [-0.2, -0.15) is 4.98 Å². The molecule has 0 bridgehead atoms. The molecule has 0 unspecified atom stereocenters. The molecule has 0 atom stereocenters. The maximum Gasteiger partial charge on any atom is 0.225 e. The maximum absolute atomic E-state index is 12.4. The Morgan fingerprint density at radius 3 is 2.48 bits per heavy atom. The molecule has 8 heteroatoms. The van der Waals surface area contributed by atoms with E-state index in [1.165, 1.54) is 24.1 Å². The van der Waals surface area contributed by atoms with Crippen LogP contribution < -0.4 is 15.5 Å². The third kappa shape index (κ3) is 6.30. The summed E-state index contributed by atoms with van der Waals surface area (Å²) in [4.78, 5) is 24.2. The molecule has 0 aliphatic heterocycles. The van der Waals surface area contributed by atoms with Gasteiger partial charge in [0.05, 0.1) is 15.7 Å². The second kappa shape index (κ2) is 10.9. The van der Waals surface area contributed by atoms with E-state index in [0.717, 1.165) is 55.9 Å². The van der Waals surface area contributed by atoms with Crippen molar-refractivity contribution in [3.63, 3.8) is 0 Å². The molecule has 1 heterocycles. The number of rotatable bonds is 7. The first kappa shape index (κ1) is 24.1. The van der Waals surface area contributed by atoms with Gasteiger partial charge in [0.25, 0.3) is 0 Å². The van der Waals surface area contributed by atoms with Crippen LogP contribution in [0.3, 0.4) is 0 Å². The lowest BCUT2D eigenvalue weighted by atomic mass is 9.91. The van der Waals surface area contributed by atoms with E-state index in [4.69, 9.17) is 33.2 Å².